The van der Waals surface area contributed by atoms with Crippen LogP contribution >= 0.6 is 0 Å². The summed E-state index contributed by atoms with van der Waals surface area (Å²) >= 11 is 0. The summed E-state index contributed by atoms with van der Waals surface area (Å²) in [6.07, 6.45) is 3.03. The van der Waals surface area contributed by atoms with Gasteiger partial charge in [0.2, 0.25) is 5.91 Å². The van der Waals surface area contributed by atoms with E-state index in [1.54, 1.807) is 14.2 Å². The van der Waals surface area contributed by atoms with Crippen LogP contribution in [0.1, 0.15) is 23.6 Å². The van der Waals surface area contributed by atoms with Crippen LogP contribution in [0.3, 0.4) is 0 Å². The van der Waals surface area contributed by atoms with Gasteiger partial charge in [-0.05, 0) is 36.2 Å². The molecule has 1 fully saturated rings. The molecule has 2 aromatic rings. The highest BCUT2D eigenvalue weighted by Gasteiger charge is 2.36. The Labute approximate surface area is 155 Å². The Morgan fingerprint density at radius 3 is 2.81 bits per heavy atom. The van der Waals surface area contributed by atoms with Gasteiger partial charge in [-0.3, -0.25) is 9.78 Å². The Hall–Kier alpha value is -2.40. The summed E-state index contributed by atoms with van der Waals surface area (Å²) in [5.41, 5.74) is 2.16. The van der Waals surface area contributed by atoms with Crippen molar-refractivity contribution in [3.63, 3.8) is 0 Å². The quantitative estimate of drug-likeness (QED) is 0.767. The summed E-state index contributed by atoms with van der Waals surface area (Å²) in [6, 6.07) is 13.8. The lowest BCUT2D eigenvalue weighted by Crippen LogP contribution is -2.29. The van der Waals surface area contributed by atoms with Crippen LogP contribution in [0.15, 0.2) is 48.7 Å². The average Bonchev–Trinajstić information content (AvgIpc) is 3.11. The first kappa shape index (κ1) is 18.4. The highest BCUT2D eigenvalue weighted by molar-refractivity contribution is 5.77. The molecule has 0 spiro atoms. The summed E-state index contributed by atoms with van der Waals surface area (Å²) < 4.78 is 10.6. The molecule has 1 aliphatic rings. The van der Waals surface area contributed by atoms with E-state index in [0.717, 1.165) is 30.0 Å². The summed E-state index contributed by atoms with van der Waals surface area (Å²) in [5.74, 6) is 1.53. The summed E-state index contributed by atoms with van der Waals surface area (Å²) in [7, 11) is 3.37. The molecule has 2 atom stereocenters. The predicted molar refractivity (Wildman–Crippen MR) is 100 cm³/mol. The van der Waals surface area contributed by atoms with Gasteiger partial charge >= 0.3 is 0 Å². The van der Waals surface area contributed by atoms with Crippen LogP contribution in [0, 0.1) is 5.92 Å². The first-order chi connectivity index (χ1) is 12.7. The van der Waals surface area contributed by atoms with Gasteiger partial charge in [-0.1, -0.05) is 18.2 Å². The second-order valence-electron chi connectivity index (χ2n) is 6.73. The van der Waals surface area contributed by atoms with E-state index in [9.17, 15) is 4.79 Å². The van der Waals surface area contributed by atoms with E-state index in [2.05, 4.69) is 4.98 Å². The lowest BCUT2D eigenvalue weighted by Gasteiger charge is -2.16. The van der Waals surface area contributed by atoms with E-state index in [1.807, 2.05) is 53.6 Å². The van der Waals surface area contributed by atoms with Crippen molar-refractivity contribution in [2.45, 2.75) is 18.8 Å². The highest BCUT2D eigenvalue weighted by atomic mass is 16.5. The smallest absolute Gasteiger partial charge is 0.222 e. The first-order valence-electron chi connectivity index (χ1n) is 9.02. The number of rotatable bonds is 7. The van der Waals surface area contributed by atoms with Crippen molar-refractivity contribution < 1.29 is 14.3 Å². The molecule has 26 heavy (non-hydrogen) atoms. The maximum Gasteiger partial charge on any atom is 0.222 e. The zero-order valence-electron chi connectivity index (χ0n) is 15.4. The number of carbonyl (C=O) groups excluding carboxylic acids is 1. The van der Waals surface area contributed by atoms with Crippen molar-refractivity contribution in [2.75, 3.05) is 33.9 Å². The fourth-order valence-corrected chi connectivity index (χ4v) is 3.63. The molecule has 1 amide bonds. The van der Waals surface area contributed by atoms with E-state index >= 15 is 0 Å². The summed E-state index contributed by atoms with van der Waals surface area (Å²) in [4.78, 5) is 19.2. The number of ether oxygens (including phenoxy) is 2. The molecule has 1 aliphatic heterocycles. The molecule has 138 valence electrons. The SMILES string of the molecule is COC[C@@H]1CN(C(=O)CCc2cccc(OC)c2)C[C@H]1c1ccccn1. The lowest BCUT2D eigenvalue weighted by atomic mass is 9.93. The molecule has 3 rings (SSSR count). The Kier molecular flexibility index (Phi) is 6.23. The Morgan fingerprint density at radius 1 is 1.19 bits per heavy atom. The fourth-order valence-electron chi connectivity index (χ4n) is 3.63. The standard InChI is InChI=1S/C21H26N2O3/c1-25-15-17-13-23(14-19(17)20-8-3-4-11-22-20)21(24)10-9-16-6-5-7-18(12-16)26-2/h3-8,11-12,17,19H,9-10,13-15H2,1-2H3/t17-,19+/m0/s1. The molecule has 0 N–H and O–H groups in total. The second kappa shape index (κ2) is 8.81. The van der Waals surface area contributed by atoms with Crippen LogP contribution in [-0.2, 0) is 16.0 Å². The zero-order chi connectivity index (χ0) is 18.4. The normalized spacial score (nSPS) is 19.5. The third-order valence-electron chi connectivity index (χ3n) is 5.00. The van der Waals surface area contributed by atoms with Crippen LogP contribution in [0.25, 0.3) is 0 Å². The molecular weight excluding hydrogens is 328 g/mol. The number of carbonyl (C=O) groups is 1. The molecule has 5 heteroatoms. The predicted octanol–water partition coefficient (Wildman–Crippen LogP) is 2.91. The minimum Gasteiger partial charge on any atom is -0.497 e. The Bertz CT molecular complexity index is 720. The van der Waals surface area contributed by atoms with E-state index in [4.69, 9.17) is 9.47 Å². The summed E-state index contributed by atoms with van der Waals surface area (Å²) in [5, 5.41) is 0. The van der Waals surface area contributed by atoms with E-state index in [-0.39, 0.29) is 17.7 Å². The van der Waals surface area contributed by atoms with Crippen LogP contribution in [0.5, 0.6) is 5.75 Å². The Balaban J connectivity index is 1.62. The number of benzene rings is 1. The minimum absolute atomic E-state index is 0.187. The highest BCUT2D eigenvalue weighted by Crippen LogP contribution is 2.32. The van der Waals surface area contributed by atoms with Gasteiger partial charge in [0.15, 0.2) is 0 Å². The zero-order valence-corrected chi connectivity index (χ0v) is 15.4. The number of pyridine rings is 1. The van der Waals surface area contributed by atoms with Crippen LogP contribution in [0.2, 0.25) is 0 Å². The van der Waals surface area contributed by atoms with Gasteiger partial charge in [-0.25, -0.2) is 0 Å². The summed E-state index contributed by atoms with van der Waals surface area (Å²) in [6.45, 7) is 2.08. The van der Waals surface area contributed by atoms with Gasteiger partial charge < -0.3 is 14.4 Å². The number of hydrogen-bond donors (Lipinski definition) is 0. The molecule has 0 saturated carbocycles. The van der Waals surface area contributed by atoms with Crippen molar-refractivity contribution in [1.82, 2.24) is 9.88 Å². The van der Waals surface area contributed by atoms with Gasteiger partial charge in [-0.2, -0.15) is 0 Å². The van der Waals surface area contributed by atoms with Crippen molar-refractivity contribution in [2.24, 2.45) is 5.92 Å². The van der Waals surface area contributed by atoms with Gasteiger partial charge in [0.05, 0.1) is 13.7 Å². The minimum atomic E-state index is 0.187. The van der Waals surface area contributed by atoms with Gasteiger partial charge in [0.25, 0.3) is 0 Å². The van der Waals surface area contributed by atoms with Crippen molar-refractivity contribution in [1.29, 1.82) is 0 Å². The van der Waals surface area contributed by atoms with E-state index < -0.39 is 0 Å². The molecule has 1 aromatic heterocycles. The average molecular weight is 354 g/mol. The molecule has 0 radical (unpaired) electrons. The number of methoxy groups -OCH3 is 2. The van der Waals surface area contributed by atoms with Crippen LogP contribution in [-0.4, -0.2) is 49.7 Å². The third-order valence-corrected chi connectivity index (χ3v) is 5.00. The number of likely N-dealkylation sites (tertiary alicyclic amines) is 1. The monoisotopic (exact) mass is 354 g/mol. The van der Waals surface area contributed by atoms with Crippen molar-refractivity contribution in [3.05, 3.63) is 59.9 Å². The number of nitrogens with zero attached hydrogens (tertiary/aromatic N) is 2. The molecule has 2 heterocycles. The van der Waals surface area contributed by atoms with Crippen molar-refractivity contribution >= 4 is 5.91 Å². The third kappa shape index (κ3) is 4.41. The number of aromatic nitrogens is 1. The topological polar surface area (TPSA) is 51.7 Å². The van der Waals surface area contributed by atoms with Crippen LogP contribution < -0.4 is 4.74 Å². The van der Waals surface area contributed by atoms with Gasteiger partial charge in [0, 0.05) is 50.3 Å². The molecule has 5 nitrogen and oxygen atoms in total. The lowest BCUT2D eigenvalue weighted by molar-refractivity contribution is -0.130. The second-order valence-corrected chi connectivity index (χ2v) is 6.73. The number of hydrogen-bond acceptors (Lipinski definition) is 4. The van der Waals surface area contributed by atoms with Gasteiger partial charge in [-0.15, -0.1) is 0 Å². The van der Waals surface area contributed by atoms with E-state index in [1.165, 1.54) is 0 Å². The molecule has 0 aliphatic carbocycles. The van der Waals surface area contributed by atoms with E-state index in [0.29, 0.717) is 19.6 Å². The molecular formula is C21H26N2O3. The maximum absolute atomic E-state index is 12.7. The number of amides is 1. The largest absolute Gasteiger partial charge is 0.497 e. The number of aryl methyl sites for hydroxylation is 1. The molecule has 0 bridgehead atoms. The fraction of sp³-hybridized carbons (Fsp3) is 0.429. The van der Waals surface area contributed by atoms with Crippen molar-refractivity contribution in [3.8, 4) is 5.75 Å². The maximum atomic E-state index is 12.7. The van der Waals surface area contributed by atoms with Gasteiger partial charge in [0.1, 0.15) is 5.75 Å². The molecule has 0 unspecified atom stereocenters. The molecule has 1 aromatic carbocycles. The Morgan fingerprint density at radius 2 is 2.08 bits per heavy atom. The van der Waals surface area contributed by atoms with Crippen LogP contribution in [0.4, 0.5) is 0 Å². The molecule has 1 saturated heterocycles. The first-order valence-corrected chi connectivity index (χ1v) is 9.02.